The number of Topliss-reactive ketones (excluding diaryl/α,β-unsaturated/α-hetero) is 1. The molecule has 3 aromatic rings. The van der Waals surface area contributed by atoms with E-state index in [0.717, 1.165) is 25.7 Å². The molecule has 2 aromatic carbocycles. The molecular formula is C28H28N2O5. The number of carbonyl (C=O) groups is 3. The molecule has 2 aliphatic rings. The number of hydrogen-bond donors (Lipinski definition) is 0. The van der Waals surface area contributed by atoms with Gasteiger partial charge in [0.1, 0.15) is 5.78 Å². The van der Waals surface area contributed by atoms with E-state index in [2.05, 4.69) is 0 Å². The first-order valence-electron chi connectivity index (χ1n) is 12.0. The maximum Gasteiger partial charge on any atom is 0.263 e. The number of imide groups is 1. The molecule has 180 valence electrons. The molecule has 1 unspecified atom stereocenters. The van der Waals surface area contributed by atoms with Crippen LogP contribution in [0.25, 0.3) is 5.69 Å². The molecule has 0 bridgehead atoms. The Labute approximate surface area is 204 Å². The number of aromatic nitrogens is 1. The number of nitrogens with zero attached hydrogens (tertiary/aromatic N) is 2. The van der Waals surface area contributed by atoms with Crippen LogP contribution in [0.15, 0.2) is 60.9 Å². The molecule has 5 rings (SSSR count). The Balaban J connectivity index is 1.45. The van der Waals surface area contributed by atoms with Crippen molar-refractivity contribution in [2.75, 3.05) is 13.7 Å². The molecule has 0 saturated heterocycles. The van der Waals surface area contributed by atoms with Gasteiger partial charge in [-0.05, 0) is 74.6 Å². The fraction of sp³-hybridized carbons (Fsp3) is 0.321. The van der Waals surface area contributed by atoms with Crippen molar-refractivity contribution in [3.63, 3.8) is 0 Å². The summed E-state index contributed by atoms with van der Waals surface area (Å²) >= 11 is 0. The average molecular weight is 473 g/mol. The standard InChI is InChI=1S/C28H28N2O5/c1-18(31)22(19-12-13-24(34-2)25(16-19)35-20-8-3-4-9-20)17-30-27(32)21-10-7-11-23(26(21)28(30)33)29-14-5-6-15-29/h5-7,10-16,20,22H,3-4,8-9,17H2,1-2H3. The van der Waals surface area contributed by atoms with Crippen molar-refractivity contribution in [3.05, 3.63) is 77.6 Å². The van der Waals surface area contributed by atoms with Gasteiger partial charge in [-0.2, -0.15) is 0 Å². The van der Waals surface area contributed by atoms with Crippen molar-refractivity contribution in [2.24, 2.45) is 0 Å². The third-order valence-electron chi connectivity index (χ3n) is 6.90. The second-order valence-electron chi connectivity index (χ2n) is 9.11. The summed E-state index contributed by atoms with van der Waals surface area (Å²) in [4.78, 5) is 40.6. The Morgan fingerprint density at radius 2 is 1.74 bits per heavy atom. The highest BCUT2D eigenvalue weighted by Crippen LogP contribution is 2.36. The number of carbonyl (C=O) groups excluding carboxylic acids is 3. The van der Waals surface area contributed by atoms with Crippen molar-refractivity contribution >= 4 is 17.6 Å². The van der Waals surface area contributed by atoms with Gasteiger partial charge in [0.2, 0.25) is 0 Å². The first-order valence-corrected chi connectivity index (χ1v) is 12.0. The lowest BCUT2D eigenvalue weighted by Gasteiger charge is -2.23. The molecule has 1 atom stereocenters. The number of hydrogen-bond acceptors (Lipinski definition) is 5. The molecular weight excluding hydrogens is 444 g/mol. The van der Waals surface area contributed by atoms with Crippen LogP contribution in [-0.4, -0.2) is 46.8 Å². The molecule has 0 N–H and O–H groups in total. The van der Waals surface area contributed by atoms with Gasteiger partial charge in [0, 0.05) is 18.9 Å². The molecule has 1 aliphatic carbocycles. The molecule has 7 heteroatoms. The number of fused-ring (bicyclic) bond motifs is 1. The maximum absolute atomic E-state index is 13.4. The lowest BCUT2D eigenvalue weighted by atomic mass is 9.94. The monoisotopic (exact) mass is 472 g/mol. The predicted molar refractivity (Wildman–Crippen MR) is 130 cm³/mol. The predicted octanol–water partition coefficient (Wildman–Crippen LogP) is 4.78. The van der Waals surface area contributed by atoms with E-state index in [9.17, 15) is 14.4 Å². The minimum absolute atomic E-state index is 0.0397. The Kier molecular flexibility index (Phi) is 6.16. The van der Waals surface area contributed by atoms with Gasteiger partial charge in [-0.3, -0.25) is 19.3 Å². The van der Waals surface area contributed by atoms with Crippen LogP contribution >= 0.6 is 0 Å². The van der Waals surface area contributed by atoms with Crippen LogP contribution in [-0.2, 0) is 4.79 Å². The third-order valence-corrected chi connectivity index (χ3v) is 6.90. The SMILES string of the molecule is COc1ccc(C(CN2C(=O)c3cccc(-n4cccc4)c3C2=O)C(C)=O)cc1OC1CCCC1. The Bertz CT molecular complexity index is 1270. The summed E-state index contributed by atoms with van der Waals surface area (Å²) in [5, 5.41) is 0. The summed E-state index contributed by atoms with van der Waals surface area (Å²) in [6.07, 6.45) is 8.03. The lowest BCUT2D eigenvalue weighted by molar-refractivity contribution is -0.118. The first-order chi connectivity index (χ1) is 17.0. The van der Waals surface area contributed by atoms with Crippen molar-refractivity contribution in [1.82, 2.24) is 9.47 Å². The number of amides is 2. The summed E-state index contributed by atoms with van der Waals surface area (Å²) in [5.41, 5.74) is 2.04. The summed E-state index contributed by atoms with van der Waals surface area (Å²) < 4.78 is 13.5. The largest absolute Gasteiger partial charge is 0.493 e. The number of ketones is 1. The Morgan fingerprint density at radius 3 is 2.43 bits per heavy atom. The highest BCUT2D eigenvalue weighted by molar-refractivity contribution is 6.23. The number of methoxy groups -OCH3 is 1. The minimum atomic E-state index is -0.677. The lowest BCUT2D eigenvalue weighted by Crippen LogP contribution is -2.36. The fourth-order valence-electron chi connectivity index (χ4n) is 5.03. The van der Waals surface area contributed by atoms with Gasteiger partial charge < -0.3 is 14.0 Å². The molecule has 1 saturated carbocycles. The van der Waals surface area contributed by atoms with E-state index >= 15 is 0 Å². The van der Waals surface area contributed by atoms with E-state index in [0.29, 0.717) is 33.9 Å². The molecule has 7 nitrogen and oxygen atoms in total. The van der Waals surface area contributed by atoms with Crippen LogP contribution < -0.4 is 9.47 Å². The molecule has 2 amide bonds. The molecule has 0 spiro atoms. The van der Waals surface area contributed by atoms with Crippen LogP contribution in [0.1, 0.15) is 64.8 Å². The Hall–Kier alpha value is -3.87. The quantitative estimate of drug-likeness (QED) is 0.441. The zero-order valence-electron chi connectivity index (χ0n) is 19.9. The highest BCUT2D eigenvalue weighted by Gasteiger charge is 2.40. The normalized spacial score (nSPS) is 16.5. The molecule has 1 aliphatic heterocycles. The molecule has 0 radical (unpaired) electrons. The number of benzene rings is 2. The molecule has 2 heterocycles. The summed E-state index contributed by atoms with van der Waals surface area (Å²) in [7, 11) is 1.58. The maximum atomic E-state index is 13.4. The van der Waals surface area contributed by atoms with Gasteiger partial charge >= 0.3 is 0 Å². The smallest absolute Gasteiger partial charge is 0.263 e. The fourth-order valence-corrected chi connectivity index (χ4v) is 5.03. The molecule has 35 heavy (non-hydrogen) atoms. The van der Waals surface area contributed by atoms with E-state index in [4.69, 9.17) is 9.47 Å². The van der Waals surface area contributed by atoms with Gasteiger partial charge in [0.15, 0.2) is 11.5 Å². The van der Waals surface area contributed by atoms with Crippen LogP contribution in [0, 0.1) is 0 Å². The van der Waals surface area contributed by atoms with E-state index in [1.54, 1.807) is 31.4 Å². The van der Waals surface area contributed by atoms with Crippen LogP contribution in [0.4, 0.5) is 0 Å². The van der Waals surface area contributed by atoms with Gasteiger partial charge in [-0.1, -0.05) is 12.1 Å². The summed E-state index contributed by atoms with van der Waals surface area (Å²) in [5.74, 6) is -0.411. The zero-order valence-corrected chi connectivity index (χ0v) is 19.9. The summed E-state index contributed by atoms with van der Waals surface area (Å²) in [6.45, 7) is 1.44. The highest BCUT2D eigenvalue weighted by atomic mass is 16.5. The van der Waals surface area contributed by atoms with Crippen LogP contribution in [0.5, 0.6) is 11.5 Å². The molecule has 1 fully saturated rings. The van der Waals surface area contributed by atoms with Crippen molar-refractivity contribution in [2.45, 2.75) is 44.6 Å². The van der Waals surface area contributed by atoms with Gasteiger partial charge in [-0.25, -0.2) is 0 Å². The summed E-state index contributed by atoms with van der Waals surface area (Å²) in [6, 6.07) is 14.3. The first kappa shape index (κ1) is 22.9. The van der Waals surface area contributed by atoms with Crippen molar-refractivity contribution < 1.29 is 23.9 Å². The minimum Gasteiger partial charge on any atom is -0.493 e. The van der Waals surface area contributed by atoms with E-state index in [1.807, 2.05) is 41.2 Å². The van der Waals surface area contributed by atoms with Crippen molar-refractivity contribution in [3.8, 4) is 17.2 Å². The van der Waals surface area contributed by atoms with Crippen molar-refractivity contribution in [1.29, 1.82) is 0 Å². The van der Waals surface area contributed by atoms with Gasteiger partial charge in [0.05, 0.1) is 35.9 Å². The zero-order chi connectivity index (χ0) is 24.5. The second kappa shape index (κ2) is 9.41. The number of ether oxygens (including phenoxy) is 2. The van der Waals surface area contributed by atoms with Crippen LogP contribution in [0.3, 0.4) is 0 Å². The second-order valence-corrected chi connectivity index (χ2v) is 9.11. The molecule has 1 aromatic heterocycles. The number of rotatable bonds is 8. The topological polar surface area (TPSA) is 77.8 Å². The average Bonchev–Trinajstić information content (AvgIpc) is 3.61. The Morgan fingerprint density at radius 1 is 1.00 bits per heavy atom. The van der Waals surface area contributed by atoms with E-state index in [1.165, 1.54) is 11.8 Å². The van der Waals surface area contributed by atoms with Gasteiger partial charge in [0.25, 0.3) is 11.8 Å². The third kappa shape index (κ3) is 4.22. The van der Waals surface area contributed by atoms with Crippen LogP contribution in [0.2, 0.25) is 0 Å². The van der Waals surface area contributed by atoms with E-state index < -0.39 is 11.8 Å². The van der Waals surface area contributed by atoms with E-state index in [-0.39, 0.29) is 24.3 Å². The van der Waals surface area contributed by atoms with Gasteiger partial charge in [-0.15, -0.1) is 0 Å².